The number of rotatable bonds is 6. The lowest BCUT2D eigenvalue weighted by molar-refractivity contribution is 0.204. The Balaban J connectivity index is 2.85. The molecule has 0 saturated heterocycles. The highest BCUT2D eigenvalue weighted by Crippen LogP contribution is 2.31. The molecule has 0 atom stereocenters. The van der Waals surface area contributed by atoms with E-state index in [-0.39, 0.29) is 11.4 Å². The molecule has 92 valence electrons. The zero-order chi connectivity index (χ0) is 12.2. The molecular formula is C8H13BrN2O3S2. The molecule has 0 spiro atoms. The van der Waals surface area contributed by atoms with Crippen LogP contribution in [0.1, 0.15) is 4.88 Å². The summed E-state index contributed by atoms with van der Waals surface area (Å²) in [5, 5.41) is 0. The molecule has 1 aromatic heterocycles. The second kappa shape index (κ2) is 6.08. The quantitative estimate of drug-likeness (QED) is 0.760. The van der Waals surface area contributed by atoms with Gasteiger partial charge in [-0.2, -0.15) is 0 Å². The summed E-state index contributed by atoms with van der Waals surface area (Å²) < 4.78 is 31.4. The molecule has 8 heteroatoms. The third kappa shape index (κ3) is 3.51. The lowest BCUT2D eigenvalue weighted by Crippen LogP contribution is -2.27. The standard InChI is InChI=1S/C8H13BrN2O3S2/c1-14-3-2-11-16(12,13)7-4-6(5-10)15-8(7)9/h4,11H,2-3,5,10H2,1H3. The van der Waals surface area contributed by atoms with E-state index in [4.69, 9.17) is 10.5 Å². The van der Waals surface area contributed by atoms with Gasteiger partial charge in [0.05, 0.1) is 10.4 Å². The second-order valence-electron chi connectivity index (χ2n) is 2.95. The van der Waals surface area contributed by atoms with Crippen molar-refractivity contribution >= 4 is 37.3 Å². The van der Waals surface area contributed by atoms with Gasteiger partial charge in [0.25, 0.3) is 0 Å². The predicted molar refractivity (Wildman–Crippen MR) is 67.0 cm³/mol. The number of methoxy groups -OCH3 is 1. The lowest BCUT2D eigenvalue weighted by atomic mass is 10.5. The van der Waals surface area contributed by atoms with E-state index in [0.29, 0.717) is 16.9 Å². The number of nitrogens with one attached hydrogen (secondary N) is 1. The molecule has 1 heterocycles. The van der Waals surface area contributed by atoms with E-state index in [0.717, 1.165) is 4.88 Å². The molecule has 0 aliphatic carbocycles. The summed E-state index contributed by atoms with van der Waals surface area (Å²) in [4.78, 5) is 1.05. The Bertz CT molecular complexity index is 444. The summed E-state index contributed by atoms with van der Waals surface area (Å²) in [6.45, 7) is 0.917. The van der Waals surface area contributed by atoms with E-state index in [1.807, 2.05) is 0 Å². The first-order valence-electron chi connectivity index (χ1n) is 4.48. The average molecular weight is 329 g/mol. The summed E-state index contributed by atoms with van der Waals surface area (Å²) >= 11 is 4.54. The first-order chi connectivity index (χ1) is 7.51. The number of hydrogen-bond acceptors (Lipinski definition) is 5. The van der Waals surface area contributed by atoms with Crippen molar-refractivity contribution in [1.29, 1.82) is 0 Å². The van der Waals surface area contributed by atoms with E-state index in [9.17, 15) is 8.42 Å². The molecule has 0 fully saturated rings. The summed E-state index contributed by atoms with van der Waals surface area (Å²) in [6, 6.07) is 1.57. The van der Waals surface area contributed by atoms with E-state index in [1.54, 1.807) is 6.07 Å². The number of ether oxygens (including phenoxy) is 1. The van der Waals surface area contributed by atoms with Gasteiger partial charge in [0.2, 0.25) is 10.0 Å². The fourth-order valence-electron chi connectivity index (χ4n) is 1.04. The summed E-state index contributed by atoms with van der Waals surface area (Å²) in [7, 11) is -1.96. The largest absolute Gasteiger partial charge is 0.383 e. The minimum absolute atomic E-state index is 0.231. The SMILES string of the molecule is COCCNS(=O)(=O)c1cc(CN)sc1Br. The molecule has 0 radical (unpaired) electrons. The summed E-state index contributed by atoms with van der Waals surface area (Å²) in [5.74, 6) is 0. The Morgan fingerprint density at radius 3 is 2.81 bits per heavy atom. The Morgan fingerprint density at radius 2 is 2.31 bits per heavy atom. The Hall–Kier alpha value is 0.01000. The predicted octanol–water partition coefficient (Wildman–Crippen LogP) is 0.894. The molecular weight excluding hydrogens is 316 g/mol. The number of thiophene rings is 1. The van der Waals surface area contributed by atoms with Crippen molar-refractivity contribution in [2.45, 2.75) is 11.4 Å². The van der Waals surface area contributed by atoms with Crippen LogP contribution in [0.4, 0.5) is 0 Å². The van der Waals surface area contributed by atoms with Crippen LogP contribution in [0, 0.1) is 0 Å². The topological polar surface area (TPSA) is 81.4 Å². The van der Waals surface area contributed by atoms with Crippen LogP contribution < -0.4 is 10.5 Å². The highest BCUT2D eigenvalue weighted by atomic mass is 79.9. The molecule has 0 aliphatic rings. The molecule has 0 aromatic carbocycles. The van der Waals surface area contributed by atoms with Gasteiger partial charge in [0.1, 0.15) is 4.90 Å². The summed E-state index contributed by atoms with van der Waals surface area (Å²) in [6.07, 6.45) is 0. The van der Waals surface area contributed by atoms with Gasteiger partial charge in [-0.25, -0.2) is 13.1 Å². The van der Waals surface area contributed by atoms with Gasteiger partial charge in [-0.15, -0.1) is 11.3 Å². The van der Waals surface area contributed by atoms with Crippen molar-refractivity contribution in [3.05, 3.63) is 14.7 Å². The van der Waals surface area contributed by atoms with Gasteiger partial charge >= 0.3 is 0 Å². The third-order valence-corrected chi connectivity index (χ3v) is 5.53. The number of nitrogens with two attached hydrogens (primary N) is 1. The maximum atomic E-state index is 11.8. The van der Waals surface area contributed by atoms with Crippen LogP contribution in [0.2, 0.25) is 0 Å². The van der Waals surface area contributed by atoms with Gasteiger partial charge in [-0.05, 0) is 22.0 Å². The molecule has 1 rings (SSSR count). The van der Waals surface area contributed by atoms with Crippen LogP contribution in [0.3, 0.4) is 0 Å². The molecule has 5 nitrogen and oxygen atoms in total. The third-order valence-electron chi connectivity index (χ3n) is 1.80. The van der Waals surface area contributed by atoms with Crippen LogP contribution in [-0.4, -0.2) is 28.7 Å². The van der Waals surface area contributed by atoms with Gasteiger partial charge in [-0.3, -0.25) is 0 Å². The normalized spacial score (nSPS) is 11.9. The van der Waals surface area contributed by atoms with Crippen LogP contribution >= 0.6 is 27.3 Å². The maximum Gasteiger partial charge on any atom is 0.242 e. The molecule has 0 amide bonds. The minimum atomic E-state index is -3.47. The minimum Gasteiger partial charge on any atom is -0.383 e. The van der Waals surface area contributed by atoms with Crippen molar-refractivity contribution in [3.8, 4) is 0 Å². The summed E-state index contributed by atoms with van der Waals surface area (Å²) in [5.41, 5.74) is 5.45. The van der Waals surface area contributed by atoms with E-state index < -0.39 is 10.0 Å². The average Bonchev–Trinajstić information content (AvgIpc) is 2.60. The number of halogens is 1. The molecule has 0 aliphatic heterocycles. The molecule has 0 bridgehead atoms. The zero-order valence-corrected chi connectivity index (χ0v) is 11.9. The van der Waals surface area contributed by atoms with Crippen molar-refractivity contribution in [2.24, 2.45) is 5.73 Å². The van der Waals surface area contributed by atoms with Crippen molar-refractivity contribution in [2.75, 3.05) is 20.3 Å². The first kappa shape index (κ1) is 14.1. The van der Waals surface area contributed by atoms with Crippen LogP contribution in [-0.2, 0) is 21.3 Å². The Morgan fingerprint density at radius 1 is 1.62 bits per heavy atom. The van der Waals surface area contributed by atoms with Crippen LogP contribution in [0.15, 0.2) is 14.7 Å². The highest BCUT2D eigenvalue weighted by molar-refractivity contribution is 9.11. The molecule has 1 aromatic rings. The first-order valence-corrected chi connectivity index (χ1v) is 7.57. The van der Waals surface area contributed by atoms with Crippen molar-refractivity contribution < 1.29 is 13.2 Å². The van der Waals surface area contributed by atoms with E-state index in [2.05, 4.69) is 20.7 Å². The number of sulfonamides is 1. The van der Waals surface area contributed by atoms with Crippen molar-refractivity contribution in [3.63, 3.8) is 0 Å². The Labute approximate surface area is 107 Å². The van der Waals surface area contributed by atoms with Crippen LogP contribution in [0.5, 0.6) is 0 Å². The molecule has 16 heavy (non-hydrogen) atoms. The van der Waals surface area contributed by atoms with Gasteiger partial charge in [-0.1, -0.05) is 0 Å². The number of hydrogen-bond donors (Lipinski definition) is 2. The zero-order valence-electron chi connectivity index (χ0n) is 8.70. The highest BCUT2D eigenvalue weighted by Gasteiger charge is 2.19. The molecule has 0 unspecified atom stereocenters. The van der Waals surface area contributed by atoms with E-state index >= 15 is 0 Å². The van der Waals surface area contributed by atoms with E-state index in [1.165, 1.54) is 18.4 Å². The smallest absolute Gasteiger partial charge is 0.242 e. The van der Waals surface area contributed by atoms with Gasteiger partial charge in [0.15, 0.2) is 0 Å². The molecule has 3 N–H and O–H groups in total. The maximum absolute atomic E-state index is 11.8. The Kier molecular flexibility index (Phi) is 5.35. The van der Waals surface area contributed by atoms with Gasteiger partial charge in [0, 0.05) is 25.1 Å². The molecule has 0 saturated carbocycles. The van der Waals surface area contributed by atoms with Gasteiger partial charge < -0.3 is 10.5 Å². The monoisotopic (exact) mass is 328 g/mol. The lowest BCUT2D eigenvalue weighted by Gasteiger charge is -2.04. The fourth-order valence-corrected chi connectivity index (χ4v) is 4.61. The van der Waals surface area contributed by atoms with Crippen LogP contribution in [0.25, 0.3) is 0 Å². The fraction of sp³-hybridized carbons (Fsp3) is 0.500. The van der Waals surface area contributed by atoms with Crippen molar-refractivity contribution in [1.82, 2.24) is 4.72 Å². The second-order valence-corrected chi connectivity index (χ2v) is 7.14.